The van der Waals surface area contributed by atoms with Crippen LogP contribution in [-0.2, 0) is 11.2 Å². The molecule has 7 heteroatoms. The second-order valence-electron chi connectivity index (χ2n) is 6.51. The quantitative estimate of drug-likeness (QED) is 0.580. The van der Waals surface area contributed by atoms with Gasteiger partial charge in [-0.25, -0.2) is 4.98 Å². The normalized spacial score (nSPS) is 10.5. The molecule has 6 nitrogen and oxygen atoms in total. The van der Waals surface area contributed by atoms with Crippen LogP contribution in [-0.4, -0.2) is 32.2 Å². The summed E-state index contributed by atoms with van der Waals surface area (Å²) in [5, 5.41) is 5.36. The third-order valence-corrected chi connectivity index (χ3v) is 5.19. The number of aromatic nitrogens is 1. The summed E-state index contributed by atoms with van der Waals surface area (Å²) >= 11 is 1.39. The maximum atomic E-state index is 12.4. The highest BCUT2D eigenvalue weighted by Crippen LogP contribution is 2.33. The van der Waals surface area contributed by atoms with E-state index in [1.807, 2.05) is 42.6 Å². The molecule has 2 aromatic carbocycles. The third kappa shape index (κ3) is 5.26. The molecule has 0 saturated heterocycles. The number of carbonyl (C=O) groups is 1. The van der Waals surface area contributed by atoms with E-state index < -0.39 is 0 Å². The molecule has 0 spiro atoms. The van der Waals surface area contributed by atoms with Crippen LogP contribution in [0.1, 0.15) is 17.5 Å². The lowest BCUT2D eigenvalue weighted by molar-refractivity contribution is -0.116. The number of carbonyl (C=O) groups excluding carboxylic acids is 1. The largest absolute Gasteiger partial charge is 0.497 e. The molecular formula is C22H24N2O4S. The predicted octanol–water partition coefficient (Wildman–Crippen LogP) is 4.72. The molecule has 0 bridgehead atoms. The van der Waals surface area contributed by atoms with Crippen LogP contribution in [0.5, 0.6) is 17.2 Å². The fourth-order valence-corrected chi connectivity index (χ4v) is 3.65. The Morgan fingerprint density at radius 1 is 1.03 bits per heavy atom. The molecule has 0 aliphatic heterocycles. The van der Waals surface area contributed by atoms with Gasteiger partial charge in [-0.1, -0.05) is 11.6 Å². The number of thiazole rings is 1. The van der Waals surface area contributed by atoms with Gasteiger partial charge in [-0.05, 0) is 43.2 Å². The monoisotopic (exact) mass is 412 g/mol. The Kier molecular flexibility index (Phi) is 6.72. The van der Waals surface area contributed by atoms with Gasteiger partial charge in [-0.3, -0.25) is 4.79 Å². The first-order chi connectivity index (χ1) is 14.0. The summed E-state index contributed by atoms with van der Waals surface area (Å²) in [4.78, 5) is 16.9. The molecule has 0 radical (unpaired) electrons. The third-order valence-electron chi connectivity index (χ3n) is 4.43. The summed E-state index contributed by atoms with van der Waals surface area (Å²) < 4.78 is 16.0. The predicted molar refractivity (Wildman–Crippen MR) is 115 cm³/mol. The Bertz CT molecular complexity index is 978. The number of anilines is 1. The van der Waals surface area contributed by atoms with Gasteiger partial charge in [0.15, 0.2) is 5.13 Å². The Hall–Kier alpha value is -3.06. The van der Waals surface area contributed by atoms with E-state index in [0.717, 1.165) is 28.1 Å². The van der Waals surface area contributed by atoms with Gasteiger partial charge in [0.1, 0.15) is 17.2 Å². The van der Waals surface area contributed by atoms with Crippen LogP contribution in [0.4, 0.5) is 5.13 Å². The van der Waals surface area contributed by atoms with Gasteiger partial charge < -0.3 is 19.5 Å². The van der Waals surface area contributed by atoms with Crippen molar-refractivity contribution in [3.63, 3.8) is 0 Å². The molecular weight excluding hydrogens is 388 g/mol. The fraction of sp³-hybridized carbons (Fsp3) is 0.273. The molecule has 0 saturated carbocycles. The van der Waals surface area contributed by atoms with Crippen molar-refractivity contribution in [1.82, 2.24) is 4.98 Å². The van der Waals surface area contributed by atoms with Crippen molar-refractivity contribution in [3.05, 3.63) is 52.9 Å². The van der Waals surface area contributed by atoms with Gasteiger partial charge in [0, 0.05) is 23.4 Å². The van der Waals surface area contributed by atoms with Crippen molar-refractivity contribution in [2.75, 3.05) is 26.6 Å². The zero-order valence-electron chi connectivity index (χ0n) is 16.9. The Morgan fingerprint density at radius 3 is 2.41 bits per heavy atom. The lowest BCUT2D eigenvalue weighted by Crippen LogP contribution is -2.12. The number of amides is 1. The van der Waals surface area contributed by atoms with E-state index in [-0.39, 0.29) is 5.91 Å². The summed E-state index contributed by atoms with van der Waals surface area (Å²) in [5.41, 5.74) is 3.78. The average Bonchev–Trinajstić information content (AvgIpc) is 3.20. The van der Waals surface area contributed by atoms with Crippen LogP contribution in [0.15, 0.2) is 41.8 Å². The second-order valence-corrected chi connectivity index (χ2v) is 7.37. The first kappa shape index (κ1) is 20.7. The summed E-state index contributed by atoms with van der Waals surface area (Å²) in [6.07, 6.45) is 0.905. The van der Waals surface area contributed by atoms with Crippen molar-refractivity contribution in [3.8, 4) is 28.5 Å². The molecule has 1 N–H and O–H groups in total. The zero-order valence-corrected chi connectivity index (χ0v) is 17.8. The summed E-state index contributed by atoms with van der Waals surface area (Å²) in [6.45, 7) is 2.02. The van der Waals surface area contributed by atoms with E-state index in [4.69, 9.17) is 14.2 Å². The standard InChI is InChI=1S/C22H24N2O4S/c1-14-5-7-20(28-4)18(9-14)19-13-29-22(23-19)24-21(25)8-6-15-10-16(26-2)12-17(11-15)27-3/h5,7,9-13H,6,8H2,1-4H3,(H,23,24,25). The summed E-state index contributed by atoms with van der Waals surface area (Å²) in [6, 6.07) is 11.5. The maximum absolute atomic E-state index is 12.4. The highest BCUT2D eigenvalue weighted by Gasteiger charge is 2.12. The van der Waals surface area contributed by atoms with Crippen LogP contribution in [0, 0.1) is 6.92 Å². The van der Waals surface area contributed by atoms with E-state index >= 15 is 0 Å². The zero-order chi connectivity index (χ0) is 20.8. The molecule has 0 fully saturated rings. The van der Waals surface area contributed by atoms with Crippen molar-refractivity contribution in [2.45, 2.75) is 19.8 Å². The lowest BCUT2D eigenvalue weighted by atomic mass is 10.1. The number of methoxy groups -OCH3 is 3. The van der Waals surface area contributed by atoms with Gasteiger partial charge in [-0.2, -0.15) is 0 Å². The van der Waals surface area contributed by atoms with Gasteiger partial charge in [0.05, 0.1) is 27.0 Å². The van der Waals surface area contributed by atoms with Crippen LogP contribution in [0.2, 0.25) is 0 Å². The Morgan fingerprint density at radius 2 is 1.76 bits per heavy atom. The Balaban J connectivity index is 1.65. The minimum Gasteiger partial charge on any atom is -0.497 e. The van der Waals surface area contributed by atoms with Gasteiger partial charge in [0.25, 0.3) is 0 Å². The number of benzene rings is 2. The topological polar surface area (TPSA) is 69.7 Å². The van der Waals surface area contributed by atoms with Crippen LogP contribution in [0.3, 0.4) is 0 Å². The number of nitrogens with zero attached hydrogens (tertiary/aromatic N) is 1. The first-order valence-corrected chi connectivity index (χ1v) is 10.0. The molecule has 3 aromatic rings. The molecule has 0 unspecified atom stereocenters. The lowest BCUT2D eigenvalue weighted by Gasteiger charge is -2.08. The van der Waals surface area contributed by atoms with E-state index in [2.05, 4.69) is 10.3 Å². The molecule has 1 aromatic heterocycles. The number of ether oxygens (including phenoxy) is 3. The minimum atomic E-state index is -0.0936. The molecule has 152 valence electrons. The van der Waals surface area contributed by atoms with E-state index in [0.29, 0.717) is 29.5 Å². The van der Waals surface area contributed by atoms with E-state index in [1.165, 1.54) is 11.3 Å². The second kappa shape index (κ2) is 9.43. The van der Waals surface area contributed by atoms with E-state index in [9.17, 15) is 4.79 Å². The fourth-order valence-electron chi connectivity index (χ4n) is 2.93. The van der Waals surface area contributed by atoms with Gasteiger partial charge in [-0.15, -0.1) is 11.3 Å². The number of rotatable bonds is 8. The van der Waals surface area contributed by atoms with Gasteiger partial charge in [0.2, 0.25) is 5.91 Å². The van der Waals surface area contributed by atoms with Crippen LogP contribution in [0.25, 0.3) is 11.3 Å². The number of hydrogen-bond donors (Lipinski definition) is 1. The molecule has 0 aliphatic carbocycles. The molecule has 1 heterocycles. The smallest absolute Gasteiger partial charge is 0.226 e. The van der Waals surface area contributed by atoms with Crippen molar-refractivity contribution >= 4 is 22.4 Å². The first-order valence-electron chi connectivity index (χ1n) is 9.14. The van der Waals surface area contributed by atoms with Crippen molar-refractivity contribution in [1.29, 1.82) is 0 Å². The van der Waals surface area contributed by atoms with Crippen LogP contribution >= 0.6 is 11.3 Å². The van der Waals surface area contributed by atoms with Gasteiger partial charge >= 0.3 is 0 Å². The molecule has 29 heavy (non-hydrogen) atoms. The minimum absolute atomic E-state index is 0.0936. The Labute approximate surface area is 174 Å². The maximum Gasteiger partial charge on any atom is 0.226 e. The highest BCUT2D eigenvalue weighted by molar-refractivity contribution is 7.14. The number of nitrogens with one attached hydrogen (secondary N) is 1. The van der Waals surface area contributed by atoms with Crippen molar-refractivity contribution < 1.29 is 19.0 Å². The SMILES string of the molecule is COc1cc(CCC(=O)Nc2nc(-c3cc(C)ccc3OC)cs2)cc(OC)c1. The molecule has 3 rings (SSSR count). The molecule has 1 amide bonds. The highest BCUT2D eigenvalue weighted by atomic mass is 32.1. The number of hydrogen-bond acceptors (Lipinski definition) is 6. The average molecular weight is 413 g/mol. The number of aryl methyl sites for hydroxylation is 2. The van der Waals surface area contributed by atoms with E-state index in [1.54, 1.807) is 27.4 Å². The van der Waals surface area contributed by atoms with Crippen molar-refractivity contribution in [2.24, 2.45) is 0 Å². The molecule has 0 atom stereocenters. The summed E-state index contributed by atoms with van der Waals surface area (Å²) in [5.74, 6) is 2.07. The summed E-state index contributed by atoms with van der Waals surface area (Å²) in [7, 11) is 4.85. The van der Waals surface area contributed by atoms with Crippen LogP contribution < -0.4 is 19.5 Å². The molecule has 0 aliphatic rings.